The van der Waals surface area contributed by atoms with Crippen molar-refractivity contribution in [3.63, 3.8) is 0 Å². The Morgan fingerprint density at radius 2 is 1.29 bits per heavy atom. The molecule has 0 radical (unpaired) electrons. The Hall–Kier alpha value is -5.56. The van der Waals surface area contributed by atoms with Crippen molar-refractivity contribution in [1.82, 2.24) is 8.80 Å². The minimum atomic E-state index is -0.868. The van der Waals surface area contributed by atoms with E-state index in [0.29, 0.717) is 11.3 Å². The fraction of sp³-hybridized carbons (Fsp3) is 0.156. The molecule has 0 fully saturated rings. The standard InChI is InChI=1S/C28H22N4O2.C17H15NO2.H6P4/c1-18-23-8-6-7-15-32(23)24(25(18)19-9-11-21(33-5)12-10-19)14-13-22-26(31-4)27(20(16-29)17-30)34-28(22,2)3;1-12-15-5-3-4-10-18(15)16(11-19)17(12)13-6-8-14(20-2)9-7-13;1-3-4-2/h6-15H,1-3,5H3;3-11H,1-2H3;3-4H,1-2H2/b14-13+;;/i;;3D. The van der Waals surface area contributed by atoms with Crippen molar-refractivity contribution >= 4 is 57.1 Å². The zero-order chi connectivity index (χ0) is 42.9. The summed E-state index contributed by atoms with van der Waals surface area (Å²) in [4.78, 5) is 15.1. The highest BCUT2D eigenvalue weighted by Crippen LogP contribution is 2.48. The van der Waals surface area contributed by atoms with Crippen LogP contribution in [0.15, 0.2) is 126 Å². The van der Waals surface area contributed by atoms with Gasteiger partial charge >= 0.3 is 0 Å². The summed E-state index contributed by atoms with van der Waals surface area (Å²) in [5.41, 5.74) is 9.84. The molecule has 1 aliphatic heterocycles. The molecule has 9 nitrogen and oxygen atoms in total. The predicted molar refractivity (Wildman–Crippen MR) is 246 cm³/mol. The number of nitrogens with zero attached hydrogens (tertiary/aromatic N) is 5. The van der Waals surface area contributed by atoms with Gasteiger partial charge < -0.3 is 23.0 Å². The normalized spacial score (nSPS) is 13.7. The van der Waals surface area contributed by atoms with Gasteiger partial charge in [-0.1, -0.05) is 58.3 Å². The highest BCUT2D eigenvalue weighted by Gasteiger charge is 2.39. The third-order valence-corrected chi connectivity index (χ3v) is 15.6. The molecule has 13 heteroatoms. The highest BCUT2D eigenvalue weighted by atomic mass is 32.6. The Bertz CT molecular complexity index is 2710. The molecule has 0 bridgehead atoms. The van der Waals surface area contributed by atoms with Crippen molar-refractivity contribution in [2.75, 3.05) is 14.2 Å². The van der Waals surface area contributed by atoms with Crippen LogP contribution >= 0.6 is 33.7 Å². The number of hydrogen-bond acceptors (Lipinski definition) is 6. The van der Waals surface area contributed by atoms with Gasteiger partial charge in [-0.05, 0) is 105 Å². The zero-order valence-corrected chi connectivity index (χ0v) is 37.1. The maximum Gasteiger partial charge on any atom is 0.237 e. The van der Waals surface area contributed by atoms with Gasteiger partial charge in [-0.25, -0.2) is 4.85 Å². The average Bonchev–Trinajstić information content (AvgIpc) is 3.82. The summed E-state index contributed by atoms with van der Waals surface area (Å²) in [5.74, 6) is 1.63. The summed E-state index contributed by atoms with van der Waals surface area (Å²) in [5, 5.41) is 18.6. The van der Waals surface area contributed by atoms with Crippen LogP contribution in [-0.2, 0) is 4.74 Å². The van der Waals surface area contributed by atoms with Crippen molar-refractivity contribution in [3.8, 4) is 45.9 Å². The number of ether oxygens (including phenoxy) is 3. The number of nitriles is 2. The van der Waals surface area contributed by atoms with E-state index in [-0.39, 0.29) is 17.0 Å². The zero-order valence-electron chi connectivity index (χ0n) is 33.9. The number of benzene rings is 2. The van der Waals surface area contributed by atoms with Gasteiger partial charge in [-0.2, -0.15) is 10.5 Å². The van der Waals surface area contributed by atoms with Crippen molar-refractivity contribution in [2.24, 2.45) is 0 Å². The molecule has 4 atom stereocenters. The molecule has 292 valence electrons. The van der Waals surface area contributed by atoms with Gasteiger partial charge in [0.15, 0.2) is 17.6 Å². The smallest absolute Gasteiger partial charge is 0.237 e. The molecule has 6 aromatic rings. The van der Waals surface area contributed by atoms with Crippen LogP contribution in [-0.4, -0.2) is 36.2 Å². The van der Waals surface area contributed by atoms with Gasteiger partial charge in [0.1, 0.15) is 29.2 Å². The van der Waals surface area contributed by atoms with E-state index in [1.54, 1.807) is 14.2 Å². The molecule has 5 heterocycles. The fourth-order valence-corrected chi connectivity index (χ4v) is 6.94. The second-order valence-electron chi connectivity index (χ2n) is 13.3. The molecule has 0 spiro atoms. The van der Waals surface area contributed by atoms with Gasteiger partial charge in [0.25, 0.3) is 0 Å². The lowest BCUT2D eigenvalue weighted by Gasteiger charge is -2.21. The third-order valence-electron chi connectivity index (χ3n) is 9.66. The quantitative estimate of drug-likeness (QED) is 0.0654. The molecule has 0 amide bonds. The largest absolute Gasteiger partial charge is 0.497 e. The van der Waals surface area contributed by atoms with Gasteiger partial charge in [0.2, 0.25) is 5.70 Å². The fourth-order valence-electron chi connectivity index (χ4n) is 6.94. The van der Waals surface area contributed by atoms with Gasteiger partial charge in [0, 0.05) is 40.1 Å². The van der Waals surface area contributed by atoms with Crippen molar-refractivity contribution in [2.45, 2.75) is 33.3 Å². The van der Waals surface area contributed by atoms with Crippen molar-refractivity contribution < 1.29 is 19.0 Å². The van der Waals surface area contributed by atoms with Crippen molar-refractivity contribution in [3.05, 3.63) is 160 Å². The molecule has 4 unspecified atom stereocenters. The number of carbonyl (C=O) groups is 1. The van der Waals surface area contributed by atoms with Crippen LogP contribution in [0.25, 0.3) is 44.2 Å². The summed E-state index contributed by atoms with van der Waals surface area (Å²) in [6, 6.07) is 31.3. The number of methoxy groups -OCH3 is 2. The number of rotatable bonds is 8. The number of aldehydes is 1. The molecule has 0 N–H and O–H groups in total. The van der Waals surface area contributed by atoms with Crippen LogP contribution in [0.1, 0.15) is 41.2 Å². The summed E-state index contributed by atoms with van der Waals surface area (Å²) < 4.78 is 27.3. The van der Waals surface area contributed by atoms with E-state index in [0.717, 1.165) is 75.9 Å². The first-order valence-corrected chi connectivity index (χ1v) is 24.0. The summed E-state index contributed by atoms with van der Waals surface area (Å²) in [6.07, 6.45) is 8.66. The van der Waals surface area contributed by atoms with Crippen LogP contribution in [0.2, 0.25) is 0 Å². The molecular weight excluding hydrogens is 798 g/mol. The minimum Gasteiger partial charge on any atom is -0.497 e. The number of fused-ring (bicyclic) bond motifs is 2. The van der Waals surface area contributed by atoms with E-state index in [2.05, 4.69) is 40.1 Å². The number of aromatic nitrogens is 2. The summed E-state index contributed by atoms with van der Waals surface area (Å²) >= 11 is 0. The number of pyridine rings is 2. The van der Waals surface area contributed by atoms with Crippen LogP contribution in [0.3, 0.4) is 0 Å². The molecule has 0 saturated heterocycles. The highest BCUT2D eigenvalue weighted by molar-refractivity contribution is 8.54. The number of carbonyl (C=O) groups excluding carboxylic acids is 1. The van der Waals surface area contributed by atoms with Gasteiger partial charge in [0.05, 0.1) is 33.5 Å². The Labute approximate surface area is 348 Å². The van der Waals surface area contributed by atoms with Crippen LogP contribution < -0.4 is 9.47 Å². The minimum absolute atomic E-state index is 0.0382. The molecule has 58 heavy (non-hydrogen) atoms. The monoisotopic (exact) mass is 842 g/mol. The molecule has 4 aromatic heterocycles. The lowest BCUT2D eigenvalue weighted by Crippen LogP contribution is -2.20. The van der Waals surface area contributed by atoms with Gasteiger partial charge in [-0.3, -0.25) is 4.79 Å². The topological polar surface area (TPSA) is 106 Å². The van der Waals surface area contributed by atoms with Crippen LogP contribution in [0.4, 0.5) is 0 Å². The second kappa shape index (κ2) is 19.7. The molecule has 0 saturated carbocycles. The van der Waals surface area contributed by atoms with Crippen LogP contribution in [0, 0.1) is 43.1 Å². The van der Waals surface area contributed by atoms with Crippen LogP contribution in [0.5, 0.6) is 11.5 Å². The number of hydrogen-bond donors (Lipinski definition) is 0. The molecule has 0 aliphatic carbocycles. The van der Waals surface area contributed by atoms with Gasteiger partial charge in [-0.15, -0.1) is 17.9 Å². The Balaban J connectivity index is 0.000000222. The first-order chi connectivity index (χ1) is 28.4. The van der Waals surface area contributed by atoms with E-state index in [1.165, 1.54) is 0 Å². The van der Waals surface area contributed by atoms with E-state index in [1.807, 2.05) is 141 Å². The SMILES string of the molecule is COc1ccc(-c2c(C)c3ccccn3c2C=O)cc1.[2H]P(P)PP.[C-]#[N+]C1=C(/C=C/c2c(-c3ccc(OC)cc3)c(C)c3ccccn23)C(C)(C)OC1=C(C#N)C#N. The Kier molecular flexibility index (Phi) is 14.3. The van der Waals surface area contributed by atoms with E-state index < -0.39 is 13.5 Å². The average molecular weight is 843 g/mol. The first-order valence-electron chi connectivity index (χ1n) is 18.3. The molecule has 7 rings (SSSR count). The summed E-state index contributed by atoms with van der Waals surface area (Å²) in [7, 11) is 8.57. The van der Waals surface area contributed by atoms with E-state index in [9.17, 15) is 15.3 Å². The number of aryl methyl sites for hydroxylation is 2. The van der Waals surface area contributed by atoms with Crippen molar-refractivity contribution in [1.29, 1.82) is 11.8 Å². The predicted octanol–water partition coefficient (Wildman–Crippen LogP) is 11.8. The first kappa shape index (κ1) is 42.1. The van der Waals surface area contributed by atoms with E-state index >= 15 is 0 Å². The molecule has 2 aromatic carbocycles. The number of allylic oxidation sites excluding steroid dienone is 1. The maximum absolute atomic E-state index is 11.5. The second-order valence-corrected chi connectivity index (χ2v) is 20.0. The Morgan fingerprint density at radius 1 is 0.828 bits per heavy atom. The molecular formula is C45H43N5O4P4. The summed E-state index contributed by atoms with van der Waals surface area (Å²) in [6.45, 7) is 15.5. The Morgan fingerprint density at radius 3 is 1.71 bits per heavy atom. The van der Waals surface area contributed by atoms with E-state index in [4.69, 9.17) is 22.1 Å². The maximum atomic E-state index is 11.5. The lowest BCUT2D eigenvalue weighted by atomic mass is 9.96. The molecule has 1 aliphatic rings. The third kappa shape index (κ3) is 8.94. The lowest BCUT2D eigenvalue weighted by molar-refractivity contribution is 0.0953.